The summed E-state index contributed by atoms with van der Waals surface area (Å²) in [6.07, 6.45) is 6.85. The number of carbonyl (C=O) groups is 1. The smallest absolute Gasteiger partial charge is 0.223 e. The number of aryl methyl sites for hydroxylation is 2. The van der Waals surface area contributed by atoms with Crippen molar-refractivity contribution >= 4 is 5.91 Å². The Kier molecular flexibility index (Phi) is 4.24. The van der Waals surface area contributed by atoms with Crippen molar-refractivity contribution in [1.82, 2.24) is 24.8 Å². The summed E-state index contributed by atoms with van der Waals surface area (Å²) in [7, 11) is 1.85. The summed E-state index contributed by atoms with van der Waals surface area (Å²) >= 11 is 0. The van der Waals surface area contributed by atoms with E-state index in [9.17, 15) is 4.79 Å². The van der Waals surface area contributed by atoms with Crippen LogP contribution in [0.1, 0.15) is 38.3 Å². The lowest BCUT2D eigenvalue weighted by molar-refractivity contribution is -0.131. The van der Waals surface area contributed by atoms with Crippen LogP contribution in [0.5, 0.6) is 0 Å². The van der Waals surface area contributed by atoms with Gasteiger partial charge in [-0.1, -0.05) is 5.21 Å². The summed E-state index contributed by atoms with van der Waals surface area (Å²) < 4.78 is 1.68. The third-order valence-corrected chi connectivity index (χ3v) is 4.78. The Morgan fingerprint density at radius 1 is 1.38 bits per heavy atom. The molecular formula is C15H25N5O. The average Bonchev–Trinajstić information content (AvgIpc) is 3.16. The Morgan fingerprint density at radius 2 is 2.14 bits per heavy atom. The molecule has 2 fully saturated rings. The SMILES string of the molecule is CC1CC(N2CCCC2)CN1C(=O)CCc1cn(C)nn1. The van der Waals surface area contributed by atoms with E-state index >= 15 is 0 Å². The van der Waals surface area contributed by atoms with E-state index < -0.39 is 0 Å². The Labute approximate surface area is 126 Å². The molecule has 6 nitrogen and oxygen atoms in total. The highest BCUT2D eigenvalue weighted by atomic mass is 16.2. The summed E-state index contributed by atoms with van der Waals surface area (Å²) in [5.41, 5.74) is 0.897. The van der Waals surface area contributed by atoms with Gasteiger partial charge >= 0.3 is 0 Å². The lowest BCUT2D eigenvalue weighted by Crippen LogP contribution is -2.38. The van der Waals surface area contributed by atoms with Crippen LogP contribution in [-0.4, -0.2) is 62.4 Å². The molecule has 0 radical (unpaired) electrons. The zero-order valence-electron chi connectivity index (χ0n) is 13.0. The number of nitrogens with zero attached hydrogens (tertiary/aromatic N) is 5. The van der Waals surface area contributed by atoms with Crippen LogP contribution in [0.15, 0.2) is 6.20 Å². The standard InChI is InChI=1S/C15H25N5O/c1-12-9-14(19-7-3-4-8-19)11-20(12)15(21)6-5-13-10-18(2)17-16-13/h10,12,14H,3-9,11H2,1-2H3. The molecule has 0 spiro atoms. The van der Waals surface area contributed by atoms with Crippen molar-refractivity contribution < 1.29 is 4.79 Å². The zero-order valence-corrected chi connectivity index (χ0v) is 13.0. The Bertz CT molecular complexity index is 494. The van der Waals surface area contributed by atoms with Gasteiger partial charge in [-0.05, 0) is 39.3 Å². The van der Waals surface area contributed by atoms with Crippen LogP contribution in [-0.2, 0) is 18.3 Å². The van der Waals surface area contributed by atoms with E-state index in [4.69, 9.17) is 0 Å². The maximum absolute atomic E-state index is 12.4. The number of carbonyl (C=O) groups excluding carboxylic acids is 1. The molecule has 6 heteroatoms. The minimum Gasteiger partial charge on any atom is -0.338 e. The topological polar surface area (TPSA) is 54.3 Å². The molecule has 0 aliphatic carbocycles. The van der Waals surface area contributed by atoms with Gasteiger partial charge in [-0.3, -0.25) is 14.4 Å². The number of amides is 1. The van der Waals surface area contributed by atoms with Crippen molar-refractivity contribution in [2.75, 3.05) is 19.6 Å². The second kappa shape index (κ2) is 6.13. The maximum Gasteiger partial charge on any atom is 0.223 e. The van der Waals surface area contributed by atoms with Crippen LogP contribution >= 0.6 is 0 Å². The molecule has 2 aliphatic rings. The molecule has 116 valence electrons. The molecule has 1 aromatic rings. The highest BCUT2D eigenvalue weighted by Gasteiger charge is 2.35. The first-order chi connectivity index (χ1) is 10.1. The van der Waals surface area contributed by atoms with Gasteiger partial charge in [0.15, 0.2) is 0 Å². The fourth-order valence-electron chi connectivity index (χ4n) is 3.61. The van der Waals surface area contributed by atoms with E-state index in [0.717, 1.165) is 18.7 Å². The van der Waals surface area contributed by atoms with Gasteiger partial charge in [0.05, 0.1) is 5.69 Å². The highest BCUT2D eigenvalue weighted by Crippen LogP contribution is 2.25. The first-order valence-electron chi connectivity index (χ1n) is 8.02. The van der Waals surface area contributed by atoms with Crippen molar-refractivity contribution in [3.63, 3.8) is 0 Å². The summed E-state index contributed by atoms with van der Waals surface area (Å²) in [5.74, 6) is 0.259. The fraction of sp³-hybridized carbons (Fsp3) is 0.800. The highest BCUT2D eigenvalue weighted by molar-refractivity contribution is 5.77. The minimum absolute atomic E-state index is 0.259. The van der Waals surface area contributed by atoms with Crippen molar-refractivity contribution in [2.45, 2.75) is 51.1 Å². The van der Waals surface area contributed by atoms with Crippen LogP contribution in [0, 0.1) is 0 Å². The van der Waals surface area contributed by atoms with Gasteiger partial charge in [-0.25, -0.2) is 0 Å². The molecule has 0 N–H and O–H groups in total. The van der Waals surface area contributed by atoms with Gasteiger partial charge in [-0.15, -0.1) is 5.10 Å². The molecule has 0 saturated carbocycles. The van der Waals surface area contributed by atoms with Crippen molar-refractivity contribution in [3.8, 4) is 0 Å². The monoisotopic (exact) mass is 291 g/mol. The Hall–Kier alpha value is -1.43. The van der Waals surface area contributed by atoms with E-state index in [1.165, 1.54) is 25.9 Å². The molecule has 21 heavy (non-hydrogen) atoms. The fourth-order valence-corrected chi connectivity index (χ4v) is 3.61. The van der Waals surface area contributed by atoms with Crippen LogP contribution in [0.4, 0.5) is 0 Å². The molecule has 2 saturated heterocycles. The zero-order chi connectivity index (χ0) is 14.8. The second-order valence-corrected chi connectivity index (χ2v) is 6.41. The van der Waals surface area contributed by atoms with E-state index in [1.54, 1.807) is 4.68 Å². The van der Waals surface area contributed by atoms with Gasteiger partial charge in [-0.2, -0.15) is 0 Å². The Balaban J connectivity index is 1.52. The van der Waals surface area contributed by atoms with Gasteiger partial charge in [0.1, 0.15) is 0 Å². The van der Waals surface area contributed by atoms with Crippen LogP contribution in [0.25, 0.3) is 0 Å². The third-order valence-electron chi connectivity index (χ3n) is 4.78. The molecule has 1 amide bonds. The molecule has 2 aliphatic heterocycles. The number of hydrogen-bond acceptors (Lipinski definition) is 4. The van der Waals surface area contributed by atoms with E-state index in [2.05, 4.69) is 27.0 Å². The van der Waals surface area contributed by atoms with Crippen LogP contribution in [0.2, 0.25) is 0 Å². The number of rotatable bonds is 4. The summed E-state index contributed by atoms with van der Waals surface area (Å²) in [5, 5.41) is 7.95. The van der Waals surface area contributed by atoms with Gasteiger partial charge < -0.3 is 4.90 Å². The normalized spacial score (nSPS) is 26.7. The quantitative estimate of drug-likeness (QED) is 0.824. The minimum atomic E-state index is 0.259. The van der Waals surface area contributed by atoms with Gasteiger partial charge in [0, 0.05) is 44.7 Å². The summed E-state index contributed by atoms with van der Waals surface area (Å²) in [6, 6.07) is 0.938. The lowest BCUT2D eigenvalue weighted by Gasteiger charge is -2.24. The van der Waals surface area contributed by atoms with Crippen LogP contribution in [0.3, 0.4) is 0 Å². The number of hydrogen-bond donors (Lipinski definition) is 0. The van der Waals surface area contributed by atoms with E-state index in [1.807, 2.05) is 13.2 Å². The maximum atomic E-state index is 12.4. The first-order valence-corrected chi connectivity index (χ1v) is 8.02. The summed E-state index contributed by atoms with van der Waals surface area (Å²) in [6.45, 7) is 5.49. The van der Waals surface area contributed by atoms with Crippen molar-refractivity contribution in [2.24, 2.45) is 7.05 Å². The van der Waals surface area contributed by atoms with Gasteiger partial charge in [0.2, 0.25) is 5.91 Å². The molecule has 3 rings (SSSR count). The number of aromatic nitrogens is 3. The van der Waals surface area contributed by atoms with Gasteiger partial charge in [0.25, 0.3) is 0 Å². The average molecular weight is 291 g/mol. The largest absolute Gasteiger partial charge is 0.338 e. The van der Waals surface area contributed by atoms with Crippen molar-refractivity contribution in [3.05, 3.63) is 11.9 Å². The lowest BCUT2D eigenvalue weighted by atomic mass is 10.1. The molecule has 2 unspecified atom stereocenters. The Morgan fingerprint density at radius 3 is 2.81 bits per heavy atom. The number of likely N-dealkylation sites (tertiary alicyclic amines) is 2. The van der Waals surface area contributed by atoms with E-state index in [0.29, 0.717) is 24.9 Å². The third kappa shape index (κ3) is 3.26. The second-order valence-electron chi connectivity index (χ2n) is 6.41. The first kappa shape index (κ1) is 14.5. The molecule has 0 aromatic carbocycles. The predicted octanol–water partition coefficient (Wildman–Crippen LogP) is 0.833. The van der Waals surface area contributed by atoms with Crippen molar-refractivity contribution in [1.29, 1.82) is 0 Å². The molecule has 0 bridgehead atoms. The summed E-state index contributed by atoms with van der Waals surface area (Å²) in [4.78, 5) is 17.1. The molecule has 3 heterocycles. The van der Waals surface area contributed by atoms with E-state index in [-0.39, 0.29) is 5.91 Å². The molecule has 1 aromatic heterocycles. The van der Waals surface area contributed by atoms with Crippen LogP contribution < -0.4 is 0 Å². The predicted molar refractivity (Wildman–Crippen MR) is 79.7 cm³/mol. The molecular weight excluding hydrogens is 266 g/mol. The molecule has 2 atom stereocenters.